The first-order valence-corrected chi connectivity index (χ1v) is 7.07. The van der Waals surface area contributed by atoms with Gasteiger partial charge in [-0.05, 0) is 24.9 Å². The predicted octanol–water partition coefficient (Wildman–Crippen LogP) is 1.21. The summed E-state index contributed by atoms with van der Waals surface area (Å²) in [6.07, 6.45) is 3.58. The second-order valence-corrected chi connectivity index (χ2v) is 4.95. The third-order valence-electron chi connectivity index (χ3n) is 2.44. The molecular weight excluding hydrogens is 236 g/mol. The van der Waals surface area contributed by atoms with Gasteiger partial charge in [0.2, 0.25) is 0 Å². The van der Waals surface area contributed by atoms with Crippen LogP contribution in [0.1, 0.15) is 24.3 Å². The van der Waals surface area contributed by atoms with Crippen LogP contribution in [0, 0.1) is 5.92 Å². The maximum Gasteiger partial charge on any atom is 0.271 e. The second-order valence-electron chi connectivity index (χ2n) is 4.03. The molecule has 0 aliphatic rings. The lowest BCUT2D eigenvalue weighted by molar-refractivity contribution is 0.0939. The van der Waals surface area contributed by atoms with Crippen molar-refractivity contribution in [2.75, 3.05) is 24.3 Å². The summed E-state index contributed by atoms with van der Waals surface area (Å²) in [5, 5.41) is 6.94. The van der Waals surface area contributed by atoms with Crippen molar-refractivity contribution >= 4 is 23.4 Å². The van der Waals surface area contributed by atoms with E-state index in [-0.39, 0.29) is 5.91 Å². The number of nitrogen functional groups attached to an aromatic ring is 1. The number of nitrogens with two attached hydrogens (primary N) is 1. The van der Waals surface area contributed by atoms with Crippen LogP contribution in [-0.4, -0.2) is 34.2 Å². The summed E-state index contributed by atoms with van der Waals surface area (Å²) in [4.78, 5) is 12.0. The number of thioether (sulfide) groups is 1. The zero-order valence-electron chi connectivity index (χ0n) is 10.6. The van der Waals surface area contributed by atoms with Crippen LogP contribution in [0.4, 0.5) is 5.69 Å². The molecule has 17 heavy (non-hydrogen) atoms. The van der Waals surface area contributed by atoms with Gasteiger partial charge in [-0.3, -0.25) is 9.48 Å². The highest BCUT2D eigenvalue weighted by Crippen LogP contribution is 2.11. The minimum Gasteiger partial charge on any atom is -0.396 e. The van der Waals surface area contributed by atoms with Gasteiger partial charge in [0.1, 0.15) is 5.69 Å². The number of rotatable bonds is 6. The number of nitrogens with zero attached hydrogens (tertiary/aromatic N) is 2. The molecule has 0 bridgehead atoms. The molecular formula is C11H20N4OS. The molecule has 0 spiro atoms. The molecule has 96 valence electrons. The summed E-state index contributed by atoms with van der Waals surface area (Å²) >= 11 is 1.78. The van der Waals surface area contributed by atoms with Crippen molar-refractivity contribution in [3.8, 4) is 0 Å². The largest absolute Gasteiger partial charge is 0.396 e. The number of nitrogens with one attached hydrogen (secondary N) is 1. The zero-order chi connectivity index (χ0) is 12.8. The Bertz CT molecular complexity index is 378. The highest BCUT2D eigenvalue weighted by atomic mass is 32.2. The molecule has 0 aromatic carbocycles. The number of carbonyl (C=O) groups is 1. The van der Waals surface area contributed by atoms with Gasteiger partial charge in [0.25, 0.3) is 5.91 Å². The minimum atomic E-state index is -0.144. The lowest BCUT2D eigenvalue weighted by atomic mass is 10.2. The van der Waals surface area contributed by atoms with E-state index in [0.29, 0.717) is 30.4 Å². The Morgan fingerprint density at radius 2 is 2.41 bits per heavy atom. The van der Waals surface area contributed by atoms with Gasteiger partial charge in [0.05, 0.1) is 11.9 Å². The van der Waals surface area contributed by atoms with E-state index >= 15 is 0 Å². The van der Waals surface area contributed by atoms with Crippen molar-refractivity contribution in [3.63, 3.8) is 0 Å². The summed E-state index contributed by atoms with van der Waals surface area (Å²) < 4.78 is 1.61. The Hall–Kier alpha value is -1.17. The number of anilines is 1. The Labute approximate surface area is 106 Å². The Morgan fingerprint density at radius 1 is 1.71 bits per heavy atom. The van der Waals surface area contributed by atoms with Gasteiger partial charge in [-0.25, -0.2) is 0 Å². The van der Waals surface area contributed by atoms with E-state index in [4.69, 9.17) is 5.73 Å². The maximum atomic E-state index is 12.0. The number of hydrogen-bond acceptors (Lipinski definition) is 4. The van der Waals surface area contributed by atoms with Crippen LogP contribution < -0.4 is 11.1 Å². The fourth-order valence-electron chi connectivity index (χ4n) is 1.58. The first-order chi connectivity index (χ1) is 8.10. The van der Waals surface area contributed by atoms with E-state index in [1.807, 2.05) is 6.92 Å². The third-order valence-corrected chi connectivity index (χ3v) is 3.35. The first kappa shape index (κ1) is 13.9. The van der Waals surface area contributed by atoms with Crippen LogP contribution in [0.5, 0.6) is 0 Å². The van der Waals surface area contributed by atoms with Crippen LogP contribution in [0.2, 0.25) is 0 Å². The topological polar surface area (TPSA) is 72.9 Å². The zero-order valence-corrected chi connectivity index (χ0v) is 11.4. The third kappa shape index (κ3) is 3.66. The molecule has 1 amide bonds. The van der Waals surface area contributed by atoms with Gasteiger partial charge in [-0.1, -0.05) is 6.92 Å². The number of carbonyl (C=O) groups excluding carboxylic acids is 1. The highest BCUT2D eigenvalue weighted by molar-refractivity contribution is 7.98. The molecule has 6 heteroatoms. The number of aryl methyl sites for hydroxylation is 1. The van der Waals surface area contributed by atoms with Crippen molar-refractivity contribution in [2.45, 2.75) is 20.4 Å². The average Bonchev–Trinajstić information content (AvgIpc) is 2.68. The molecule has 1 heterocycles. The van der Waals surface area contributed by atoms with Crippen molar-refractivity contribution in [2.24, 2.45) is 5.92 Å². The van der Waals surface area contributed by atoms with Crippen molar-refractivity contribution < 1.29 is 4.79 Å². The molecule has 1 rings (SSSR count). The summed E-state index contributed by atoms with van der Waals surface area (Å²) in [5.74, 6) is 1.34. The van der Waals surface area contributed by atoms with E-state index in [2.05, 4.69) is 23.6 Å². The smallest absolute Gasteiger partial charge is 0.271 e. The molecule has 3 N–H and O–H groups in total. The fourth-order valence-corrected chi connectivity index (χ4v) is 2.27. The first-order valence-electron chi connectivity index (χ1n) is 5.68. The van der Waals surface area contributed by atoms with Crippen LogP contribution in [0.15, 0.2) is 6.20 Å². The lowest BCUT2D eigenvalue weighted by Gasteiger charge is -2.12. The number of amides is 1. The molecule has 0 fully saturated rings. The quantitative estimate of drug-likeness (QED) is 0.802. The van der Waals surface area contributed by atoms with E-state index < -0.39 is 0 Å². The highest BCUT2D eigenvalue weighted by Gasteiger charge is 2.16. The van der Waals surface area contributed by atoms with Crippen LogP contribution in [-0.2, 0) is 6.54 Å². The SMILES string of the molecule is CCn1ncc(N)c1C(=O)NCC(C)CSC. The summed E-state index contributed by atoms with van der Waals surface area (Å²) in [6, 6.07) is 0. The van der Waals surface area contributed by atoms with Crippen molar-refractivity contribution in [1.29, 1.82) is 0 Å². The molecule has 5 nitrogen and oxygen atoms in total. The molecule has 1 atom stereocenters. The Balaban J connectivity index is 2.60. The molecule has 0 saturated heterocycles. The molecule has 1 aromatic rings. The minimum absolute atomic E-state index is 0.144. The molecule has 0 aliphatic heterocycles. The Kier molecular flexibility index (Phi) is 5.34. The monoisotopic (exact) mass is 256 g/mol. The summed E-state index contributed by atoms with van der Waals surface area (Å²) in [5.41, 5.74) is 6.63. The normalized spacial score (nSPS) is 12.4. The van der Waals surface area contributed by atoms with Gasteiger partial charge >= 0.3 is 0 Å². The predicted molar refractivity (Wildman–Crippen MR) is 72.2 cm³/mol. The second kappa shape index (κ2) is 6.54. The molecule has 1 aromatic heterocycles. The van der Waals surface area contributed by atoms with E-state index in [0.717, 1.165) is 5.75 Å². The molecule has 0 radical (unpaired) electrons. The number of aromatic nitrogens is 2. The van der Waals surface area contributed by atoms with Crippen molar-refractivity contribution in [1.82, 2.24) is 15.1 Å². The van der Waals surface area contributed by atoms with Crippen LogP contribution in [0.25, 0.3) is 0 Å². The summed E-state index contributed by atoms with van der Waals surface area (Å²) in [7, 11) is 0. The molecule has 0 aliphatic carbocycles. The van der Waals surface area contributed by atoms with Gasteiger partial charge in [0.15, 0.2) is 0 Å². The summed E-state index contributed by atoms with van der Waals surface area (Å²) in [6.45, 7) is 5.34. The number of hydrogen-bond donors (Lipinski definition) is 2. The van der Waals surface area contributed by atoms with Gasteiger partial charge < -0.3 is 11.1 Å². The van der Waals surface area contributed by atoms with E-state index in [9.17, 15) is 4.79 Å². The molecule has 0 saturated carbocycles. The lowest BCUT2D eigenvalue weighted by Crippen LogP contribution is -2.31. The fraction of sp³-hybridized carbons (Fsp3) is 0.636. The van der Waals surface area contributed by atoms with E-state index in [1.165, 1.54) is 6.20 Å². The van der Waals surface area contributed by atoms with Crippen LogP contribution in [0.3, 0.4) is 0 Å². The average molecular weight is 256 g/mol. The van der Waals surface area contributed by atoms with Gasteiger partial charge in [0, 0.05) is 13.1 Å². The van der Waals surface area contributed by atoms with Gasteiger partial charge in [-0.2, -0.15) is 16.9 Å². The molecule has 1 unspecified atom stereocenters. The maximum absolute atomic E-state index is 12.0. The van der Waals surface area contributed by atoms with Crippen LogP contribution >= 0.6 is 11.8 Å². The van der Waals surface area contributed by atoms with Crippen molar-refractivity contribution in [3.05, 3.63) is 11.9 Å². The van der Waals surface area contributed by atoms with Gasteiger partial charge in [-0.15, -0.1) is 0 Å². The standard InChI is InChI=1S/C11H20N4OS/c1-4-15-10(9(12)6-14-15)11(16)13-5-8(2)7-17-3/h6,8H,4-5,7,12H2,1-3H3,(H,13,16). The van der Waals surface area contributed by atoms with E-state index in [1.54, 1.807) is 16.4 Å². The Morgan fingerprint density at radius 3 is 3.00 bits per heavy atom.